The van der Waals surface area contributed by atoms with E-state index in [1.54, 1.807) is 0 Å². The van der Waals surface area contributed by atoms with Crippen molar-refractivity contribution >= 4 is 23.8 Å². The molecule has 2 aromatic carbocycles. The Kier molecular flexibility index (Phi) is 10.5. The van der Waals surface area contributed by atoms with Gasteiger partial charge in [0.2, 0.25) is 5.91 Å². The SMILES string of the molecule is CCCCNC(=O)CC(Cc1ccccc1)(C(=O)O)C(C)(C)C(C)(C)CC(c1ccccc1)C1(C(C)(C)C)CC(=O)OC1=O. The maximum atomic E-state index is 13.7. The zero-order chi connectivity index (χ0) is 33.0. The zero-order valence-corrected chi connectivity index (χ0v) is 27.8. The van der Waals surface area contributed by atoms with Gasteiger partial charge in [0.15, 0.2) is 0 Å². The number of aliphatic carboxylic acids is 1. The number of esters is 2. The van der Waals surface area contributed by atoms with E-state index < -0.39 is 50.9 Å². The van der Waals surface area contributed by atoms with Crippen molar-refractivity contribution in [1.82, 2.24) is 5.32 Å². The number of amides is 1. The lowest BCUT2D eigenvalue weighted by atomic mass is 9.46. The van der Waals surface area contributed by atoms with Crippen LogP contribution in [0.25, 0.3) is 0 Å². The number of unbranched alkanes of at least 4 members (excludes halogenated alkanes) is 1. The van der Waals surface area contributed by atoms with Gasteiger partial charge in [0, 0.05) is 18.9 Å². The van der Waals surface area contributed by atoms with Gasteiger partial charge < -0.3 is 15.2 Å². The standard InChI is InChI=1S/C37H51NO6/c1-9-10-21-38-29(39)24-36(31(41)42,22-26-17-13-11-14-18-26)35(7,8)34(5,6)23-28(27-19-15-12-16-20-27)37(33(2,3)4)25-30(40)44-32(37)43/h11-20,28H,9-10,21-25H2,1-8H3,(H,38,39)(H,41,42). The predicted octanol–water partition coefficient (Wildman–Crippen LogP) is 7.34. The van der Waals surface area contributed by atoms with E-state index in [0.29, 0.717) is 13.0 Å². The lowest BCUT2D eigenvalue weighted by molar-refractivity contribution is -0.171. The first-order valence-electron chi connectivity index (χ1n) is 15.8. The normalized spacial score (nSPS) is 19.6. The summed E-state index contributed by atoms with van der Waals surface area (Å²) < 4.78 is 5.27. The number of carboxylic acid groups (broad SMARTS) is 1. The number of benzene rings is 2. The van der Waals surface area contributed by atoms with Crippen LogP contribution in [0.1, 0.15) is 105 Å². The van der Waals surface area contributed by atoms with Gasteiger partial charge in [0.25, 0.3) is 0 Å². The Morgan fingerprint density at radius 1 is 0.932 bits per heavy atom. The molecule has 7 nitrogen and oxygen atoms in total. The monoisotopic (exact) mass is 605 g/mol. The second kappa shape index (κ2) is 13.3. The van der Waals surface area contributed by atoms with E-state index in [2.05, 4.69) is 5.32 Å². The summed E-state index contributed by atoms with van der Waals surface area (Å²) in [5.41, 5.74) is -3.33. The van der Waals surface area contributed by atoms with Crippen LogP contribution >= 0.6 is 0 Å². The van der Waals surface area contributed by atoms with E-state index in [1.165, 1.54) is 0 Å². The summed E-state index contributed by atoms with van der Waals surface area (Å²) in [6.07, 6.45) is 2.00. The molecule has 0 saturated carbocycles. The largest absolute Gasteiger partial charge is 0.481 e. The molecular formula is C37H51NO6. The number of cyclic esters (lactones) is 2. The average molecular weight is 606 g/mol. The van der Waals surface area contributed by atoms with E-state index in [4.69, 9.17) is 4.74 Å². The van der Waals surface area contributed by atoms with Gasteiger partial charge in [-0.15, -0.1) is 0 Å². The van der Waals surface area contributed by atoms with Crippen LogP contribution in [0.2, 0.25) is 0 Å². The highest BCUT2D eigenvalue weighted by atomic mass is 16.6. The van der Waals surface area contributed by atoms with Crippen molar-refractivity contribution in [3.05, 3.63) is 71.8 Å². The van der Waals surface area contributed by atoms with Crippen molar-refractivity contribution in [2.45, 2.75) is 99.8 Å². The molecule has 7 heteroatoms. The molecule has 44 heavy (non-hydrogen) atoms. The molecule has 0 bridgehead atoms. The van der Waals surface area contributed by atoms with Crippen molar-refractivity contribution in [3.63, 3.8) is 0 Å². The summed E-state index contributed by atoms with van der Waals surface area (Å²) in [7, 11) is 0. The number of nitrogens with one attached hydrogen (secondary N) is 1. The summed E-state index contributed by atoms with van der Waals surface area (Å²) in [6, 6.07) is 19.1. The van der Waals surface area contributed by atoms with Gasteiger partial charge >= 0.3 is 17.9 Å². The fraction of sp³-hybridized carbons (Fsp3) is 0.568. The van der Waals surface area contributed by atoms with Crippen LogP contribution in [-0.2, 0) is 30.3 Å². The number of carboxylic acids is 1. The van der Waals surface area contributed by atoms with Crippen LogP contribution in [0.4, 0.5) is 0 Å². The van der Waals surface area contributed by atoms with Crippen molar-refractivity contribution in [2.24, 2.45) is 27.1 Å². The maximum absolute atomic E-state index is 13.7. The Bertz CT molecular complexity index is 1330. The molecule has 240 valence electrons. The molecule has 0 aromatic heterocycles. The molecule has 1 aliphatic rings. The van der Waals surface area contributed by atoms with Gasteiger partial charge in [0.1, 0.15) is 0 Å². The molecule has 3 unspecified atom stereocenters. The second-order valence-electron chi connectivity index (χ2n) is 14.8. The number of carbonyl (C=O) groups is 4. The average Bonchev–Trinajstić information content (AvgIpc) is 3.26. The Labute approximate surface area is 263 Å². The second-order valence-corrected chi connectivity index (χ2v) is 14.8. The lowest BCUT2D eigenvalue weighted by Crippen LogP contribution is -2.56. The van der Waals surface area contributed by atoms with E-state index in [9.17, 15) is 24.3 Å². The number of ether oxygens (including phenoxy) is 1. The minimum absolute atomic E-state index is 0.0562. The summed E-state index contributed by atoms with van der Waals surface area (Å²) in [5, 5.41) is 14.1. The number of hydrogen-bond donors (Lipinski definition) is 2. The number of rotatable bonds is 14. The summed E-state index contributed by atoms with van der Waals surface area (Å²) in [4.78, 5) is 53.5. The molecule has 0 spiro atoms. The van der Waals surface area contributed by atoms with Gasteiger partial charge in [-0.2, -0.15) is 0 Å². The van der Waals surface area contributed by atoms with Crippen LogP contribution < -0.4 is 5.32 Å². The number of hydrogen-bond acceptors (Lipinski definition) is 5. The van der Waals surface area contributed by atoms with Crippen LogP contribution in [0, 0.1) is 27.1 Å². The first-order valence-corrected chi connectivity index (χ1v) is 15.8. The van der Waals surface area contributed by atoms with E-state index >= 15 is 0 Å². The highest BCUT2D eigenvalue weighted by molar-refractivity contribution is 5.98. The Morgan fingerprint density at radius 2 is 1.50 bits per heavy atom. The molecule has 3 rings (SSSR count). The molecule has 2 aromatic rings. The topological polar surface area (TPSA) is 110 Å². The third-order valence-corrected chi connectivity index (χ3v) is 10.8. The van der Waals surface area contributed by atoms with Crippen LogP contribution in [0.15, 0.2) is 60.7 Å². The molecule has 1 aliphatic heterocycles. The van der Waals surface area contributed by atoms with Gasteiger partial charge in [0.05, 0.1) is 17.3 Å². The minimum atomic E-state index is -1.49. The van der Waals surface area contributed by atoms with Crippen LogP contribution in [-0.4, -0.2) is 35.5 Å². The molecular weight excluding hydrogens is 554 g/mol. The molecule has 1 heterocycles. The zero-order valence-electron chi connectivity index (χ0n) is 27.8. The summed E-state index contributed by atoms with van der Waals surface area (Å²) in [5.74, 6) is -2.88. The third-order valence-electron chi connectivity index (χ3n) is 10.8. The highest BCUT2D eigenvalue weighted by Gasteiger charge is 2.64. The Balaban J connectivity index is 2.21. The molecule has 0 aliphatic carbocycles. The van der Waals surface area contributed by atoms with E-state index in [0.717, 1.165) is 24.0 Å². The molecule has 1 saturated heterocycles. The quantitative estimate of drug-likeness (QED) is 0.132. The summed E-state index contributed by atoms with van der Waals surface area (Å²) >= 11 is 0. The van der Waals surface area contributed by atoms with Gasteiger partial charge in [-0.3, -0.25) is 19.2 Å². The minimum Gasteiger partial charge on any atom is -0.481 e. The highest BCUT2D eigenvalue weighted by Crippen LogP contribution is 2.63. The third kappa shape index (κ3) is 6.62. The fourth-order valence-electron chi connectivity index (χ4n) is 7.17. The van der Waals surface area contributed by atoms with Gasteiger partial charge in [-0.05, 0) is 46.6 Å². The smallest absolute Gasteiger partial charge is 0.321 e. The fourth-order valence-corrected chi connectivity index (χ4v) is 7.17. The maximum Gasteiger partial charge on any atom is 0.321 e. The Hall–Kier alpha value is -3.48. The van der Waals surface area contributed by atoms with Gasteiger partial charge in [-0.25, -0.2) is 0 Å². The molecule has 1 fully saturated rings. The van der Waals surface area contributed by atoms with E-state index in [-0.39, 0.29) is 25.2 Å². The molecule has 1 amide bonds. The van der Waals surface area contributed by atoms with Crippen LogP contribution in [0.5, 0.6) is 0 Å². The van der Waals surface area contributed by atoms with Crippen LogP contribution in [0.3, 0.4) is 0 Å². The van der Waals surface area contributed by atoms with Crippen molar-refractivity contribution in [2.75, 3.05) is 6.54 Å². The van der Waals surface area contributed by atoms with Crippen molar-refractivity contribution < 1.29 is 29.0 Å². The lowest BCUT2D eigenvalue weighted by Gasteiger charge is -2.55. The first-order chi connectivity index (χ1) is 20.4. The van der Waals surface area contributed by atoms with Crippen molar-refractivity contribution in [1.29, 1.82) is 0 Å². The Morgan fingerprint density at radius 3 is 1.98 bits per heavy atom. The first kappa shape index (κ1) is 35.0. The predicted molar refractivity (Wildman–Crippen MR) is 172 cm³/mol. The molecule has 2 N–H and O–H groups in total. The van der Waals surface area contributed by atoms with Gasteiger partial charge in [-0.1, -0.05) is 122 Å². The summed E-state index contributed by atoms with van der Waals surface area (Å²) in [6.45, 7) is 16.3. The number of carbonyl (C=O) groups excluding carboxylic acids is 3. The molecule has 0 radical (unpaired) electrons. The molecule has 3 atom stereocenters. The van der Waals surface area contributed by atoms with E-state index in [1.807, 2.05) is 116 Å². The van der Waals surface area contributed by atoms with Crippen molar-refractivity contribution in [3.8, 4) is 0 Å².